The van der Waals surface area contributed by atoms with Crippen molar-refractivity contribution in [2.75, 3.05) is 19.8 Å². The van der Waals surface area contributed by atoms with Gasteiger partial charge in [-0.25, -0.2) is 4.98 Å². The first kappa shape index (κ1) is 21.8. The number of ether oxygens (including phenoxy) is 1. The fourth-order valence-corrected chi connectivity index (χ4v) is 2.92. The van der Waals surface area contributed by atoms with Gasteiger partial charge in [0.15, 0.2) is 11.6 Å². The molecule has 0 aliphatic heterocycles. The first-order chi connectivity index (χ1) is 15.0. The molecule has 0 aliphatic rings. The molecule has 0 saturated carbocycles. The number of nitrogens with one attached hydrogen (secondary N) is 3. The minimum absolute atomic E-state index is 0.115. The molecule has 160 valence electrons. The van der Waals surface area contributed by atoms with Gasteiger partial charge in [0.25, 0.3) is 17.4 Å². The number of aromatic amines is 1. The van der Waals surface area contributed by atoms with Crippen LogP contribution in [-0.2, 0) is 16.1 Å². The summed E-state index contributed by atoms with van der Waals surface area (Å²) in [5, 5.41) is 7.09. The fourth-order valence-electron chi connectivity index (χ4n) is 2.92. The summed E-state index contributed by atoms with van der Waals surface area (Å²) < 4.78 is 4.95. The second kappa shape index (κ2) is 10.3. The Labute approximate surface area is 177 Å². The van der Waals surface area contributed by atoms with Crippen LogP contribution in [0.15, 0.2) is 53.5 Å². The van der Waals surface area contributed by atoms with Gasteiger partial charge in [-0.1, -0.05) is 42.5 Å². The van der Waals surface area contributed by atoms with Crippen molar-refractivity contribution in [2.45, 2.75) is 13.5 Å². The van der Waals surface area contributed by atoms with Gasteiger partial charge in [0.1, 0.15) is 12.2 Å². The lowest BCUT2D eigenvalue weighted by Crippen LogP contribution is -2.35. The van der Waals surface area contributed by atoms with Crippen LogP contribution in [0.25, 0.3) is 10.8 Å². The molecule has 3 N–H and O–H groups in total. The summed E-state index contributed by atoms with van der Waals surface area (Å²) in [6, 6.07) is 13.5. The highest BCUT2D eigenvalue weighted by molar-refractivity contribution is 5.96. The minimum atomic E-state index is -0.754. The van der Waals surface area contributed by atoms with Crippen LogP contribution in [0.2, 0.25) is 0 Å². The van der Waals surface area contributed by atoms with Crippen LogP contribution in [0, 0.1) is 0 Å². The Morgan fingerprint density at radius 3 is 2.58 bits per heavy atom. The number of amides is 2. The van der Waals surface area contributed by atoms with Gasteiger partial charge < -0.3 is 20.4 Å². The number of rotatable bonds is 9. The summed E-state index contributed by atoms with van der Waals surface area (Å²) in [7, 11) is 0. The van der Waals surface area contributed by atoms with Gasteiger partial charge in [0.2, 0.25) is 0 Å². The molecule has 3 rings (SSSR count). The van der Waals surface area contributed by atoms with E-state index in [4.69, 9.17) is 4.74 Å². The van der Waals surface area contributed by atoms with Crippen LogP contribution in [-0.4, -0.2) is 47.3 Å². The number of benzene rings is 2. The predicted octanol–water partition coefficient (Wildman–Crippen LogP) is 1.19. The zero-order valence-electron chi connectivity index (χ0n) is 16.9. The summed E-state index contributed by atoms with van der Waals surface area (Å²) in [4.78, 5) is 54.4. The van der Waals surface area contributed by atoms with Gasteiger partial charge in [0.05, 0.1) is 6.54 Å². The second-order valence-corrected chi connectivity index (χ2v) is 6.65. The van der Waals surface area contributed by atoms with Crippen LogP contribution < -0.4 is 16.2 Å². The van der Waals surface area contributed by atoms with Crippen molar-refractivity contribution < 1.29 is 19.1 Å². The summed E-state index contributed by atoms with van der Waals surface area (Å²) in [6.07, 6.45) is 1.04. The quantitative estimate of drug-likeness (QED) is 0.475. The number of fused-ring (bicyclic) bond motifs is 1. The van der Waals surface area contributed by atoms with E-state index in [9.17, 15) is 19.2 Å². The molecule has 1 heterocycles. The number of carbonyl (C=O) groups excluding carboxylic acids is 3. The number of hydrogen-bond donors (Lipinski definition) is 3. The predicted molar refractivity (Wildman–Crippen MR) is 114 cm³/mol. The number of nitrogens with zero attached hydrogens (tertiary/aromatic N) is 1. The highest BCUT2D eigenvalue weighted by Crippen LogP contribution is 2.18. The van der Waals surface area contributed by atoms with Crippen LogP contribution in [0.4, 0.5) is 0 Å². The molecule has 2 aromatic carbocycles. The molecule has 1 aromatic heterocycles. The van der Waals surface area contributed by atoms with E-state index in [-0.39, 0.29) is 36.9 Å². The summed E-state index contributed by atoms with van der Waals surface area (Å²) in [6.45, 7) is 2.00. The highest BCUT2D eigenvalue weighted by Gasteiger charge is 2.16. The van der Waals surface area contributed by atoms with Crippen molar-refractivity contribution in [3.05, 3.63) is 76.0 Å². The zero-order valence-corrected chi connectivity index (χ0v) is 16.9. The Morgan fingerprint density at radius 1 is 1.03 bits per heavy atom. The average molecular weight is 422 g/mol. The van der Waals surface area contributed by atoms with E-state index in [1.807, 2.05) is 42.5 Å². The molecule has 9 heteroatoms. The number of aromatic nitrogens is 2. The molecular formula is C22H22N4O5. The fraction of sp³-hybridized carbons (Fsp3) is 0.227. The van der Waals surface area contributed by atoms with E-state index in [2.05, 4.69) is 20.6 Å². The Morgan fingerprint density at radius 2 is 1.81 bits per heavy atom. The van der Waals surface area contributed by atoms with Crippen molar-refractivity contribution in [1.29, 1.82) is 0 Å². The third kappa shape index (κ3) is 5.61. The summed E-state index contributed by atoms with van der Waals surface area (Å²) >= 11 is 0. The van der Waals surface area contributed by atoms with Crippen molar-refractivity contribution in [3.8, 4) is 0 Å². The van der Waals surface area contributed by atoms with Gasteiger partial charge >= 0.3 is 0 Å². The molecule has 0 saturated heterocycles. The maximum absolute atomic E-state index is 12.4. The van der Waals surface area contributed by atoms with Crippen LogP contribution in [0.1, 0.15) is 33.5 Å². The first-order valence-electron chi connectivity index (χ1n) is 9.71. The normalized spacial score (nSPS) is 10.6. The molecule has 0 aliphatic carbocycles. The summed E-state index contributed by atoms with van der Waals surface area (Å²) in [5.41, 5.74) is -0.0658. The molecule has 2 amide bonds. The van der Waals surface area contributed by atoms with Crippen molar-refractivity contribution in [2.24, 2.45) is 0 Å². The first-order valence-corrected chi connectivity index (χ1v) is 9.71. The highest BCUT2D eigenvalue weighted by atomic mass is 16.5. The minimum Gasteiger partial charge on any atom is -0.374 e. The third-order valence-electron chi connectivity index (χ3n) is 4.49. The van der Waals surface area contributed by atoms with Crippen LogP contribution in [0.3, 0.4) is 0 Å². The van der Waals surface area contributed by atoms with E-state index in [1.165, 1.54) is 0 Å². The smallest absolute Gasteiger partial charge is 0.287 e. The van der Waals surface area contributed by atoms with E-state index < -0.39 is 17.4 Å². The zero-order chi connectivity index (χ0) is 22.2. The Kier molecular flexibility index (Phi) is 7.23. The van der Waals surface area contributed by atoms with E-state index >= 15 is 0 Å². The molecule has 31 heavy (non-hydrogen) atoms. The standard InChI is InChI=1S/C22H22N4O5/c1-2-31-13-16(27)11-25-22(30)19-23-12-18(21(29)26-19)20(28)24-10-15-8-5-7-14-6-3-4-9-17(14)15/h3-9,12H,2,10-11,13H2,1H3,(H,24,28)(H,25,30)(H,23,26,29). The second-order valence-electron chi connectivity index (χ2n) is 6.65. The number of hydrogen-bond acceptors (Lipinski definition) is 6. The van der Waals surface area contributed by atoms with Crippen molar-refractivity contribution in [3.63, 3.8) is 0 Å². The molecule has 3 aromatic rings. The molecule has 0 fully saturated rings. The van der Waals surface area contributed by atoms with E-state index in [1.54, 1.807) is 6.92 Å². The Hall–Kier alpha value is -3.85. The van der Waals surface area contributed by atoms with Crippen molar-refractivity contribution >= 4 is 28.4 Å². The Balaban J connectivity index is 1.62. The molecule has 0 spiro atoms. The molecular weight excluding hydrogens is 400 g/mol. The van der Waals surface area contributed by atoms with E-state index in [0.717, 1.165) is 22.5 Å². The van der Waals surface area contributed by atoms with Crippen LogP contribution in [0.5, 0.6) is 0 Å². The number of H-pyrrole nitrogens is 1. The largest absolute Gasteiger partial charge is 0.374 e. The molecule has 0 bridgehead atoms. The average Bonchev–Trinajstić information content (AvgIpc) is 2.79. The third-order valence-corrected chi connectivity index (χ3v) is 4.49. The summed E-state index contributed by atoms with van der Waals surface area (Å²) in [5.74, 6) is -1.95. The molecule has 9 nitrogen and oxygen atoms in total. The van der Waals surface area contributed by atoms with E-state index in [0.29, 0.717) is 6.61 Å². The molecule has 0 unspecified atom stereocenters. The maximum Gasteiger partial charge on any atom is 0.287 e. The lowest BCUT2D eigenvalue weighted by molar-refractivity contribution is -0.122. The molecule has 0 atom stereocenters. The number of carbonyl (C=O) groups is 3. The van der Waals surface area contributed by atoms with Crippen LogP contribution >= 0.6 is 0 Å². The van der Waals surface area contributed by atoms with Gasteiger partial charge in [-0.2, -0.15) is 0 Å². The maximum atomic E-state index is 12.4. The monoisotopic (exact) mass is 422 g/mol. The van der Waals surface area contributed by atoms with Gasteiger partial charge in [0, 0.05) is 19.3 Å². The SMILES string of the molecule is CCOCC(=O)CNC(=O)c1ncc(C(=O)NCc2cccc3ccccc23)c(=O)[nH]1. The van der Waals surface area contributed by atoms with Gasteiger partial charge in [-0.3, -0.25) is 19.2 Å². The van der Waals surface area contributed by atoms with Gasteiger partial charge in [-0.15, -0.1) is 0 Å². The van der Waals surface area contributed by atoms with Gasteiger partial charge in [-0.05, 0) is 23.3 Å². The topological polar surface area (TPSA) is 130 Å². The molecule has 0 radical (unpaired) electrons. The lowest BCUT2D eigenvalue weighted by atomic mass is 10.0. The number of Topliss-reactive ketones (excluding diaryl/α,β-unsaturated/α-hetero) is 1. The number of ketones is 1. The lowest BCUT2D eigenvalue weighted by Gasteiger charge is -2.09. The Bertz CT molecular complexity index is 1170. The van der Waals surface area contributed by atoms with Crippen molar-refractivity contribution in [1.82, 2.24) is 20.6 Å².